The summed E-state index contributed by atoms with van der Waals surface area (Å²) in [7, 11) is 1.79. The monoisotopic (exact) mass is 340 g/mol. The Hall–Kier alpha value is -2.69. The van der Waals surface area contributed by atoms with Crippen LogP contribution in [0.3, 0.4) is 0 Å². The van der Waals surface area contributed by atoms with E-state index in [0.717, 1.165) is 23.5 Å². The summed E-state index contributed by atoms with van der Waals surface area (Å²) in [5.41, 5.74) is 4.80. The Labute approximate surface area is 148 Å². The van der Waals surface area contributed by atoms with Crippen LogP contribution in [-0.4, -0.2) is 31.3 Å². The first-order valence-electron chi connectivity index (χ1n) is 8.46. The molecule has 0 fully saturated rings. The first-order valence-corrected chi connectivity index (χ1v) is 8.46. The quantitative estimate of drug-likeness (QED) is 0.907. The summed E-state index contributed by atoms with van der Waals surface area (Å²) < 4.78 is 10.7. The van der Waals surface area contributed by atoms with Crippen LogP contribution >= 0.6 is 0 Å². The molecule has 5 nitrogen and oxygen atoms in total. The second-order valence-corrected chi connectivity index (χ2v) is 6.46. The molecule has 25 heavy (non-hydrogen) atoms. The molecule has 132 valence electrons. The van der Waals surface area contributed by atoms with Crippen molar-refractivity contribution in [2.45, 2.75) is 26.8 Å². The fraction of sp³-hybridized carbons (Fsp3) is 0.350. The van der Waals surface area contributed by atoms with E-state index in [1.54, 1.807) is 11.9 Å². The molecule has 2 aromatic carbocycles. The number of nitrogens with one attached hydrogen (secondary N) is 1. The van der Waals surface area contributed by atoms with Crippen LogP contribution in [0.5, 0.6) is 11.5 Å². The van der Waals surface area contributed by atoms with E-state index < -0.39 is 0 Å². The summed E-state index contributed by atoms with van der Waals surface area (Å²) in [5, 5.41) is 2.98. The van der Waals surface area contributed by atoms with Crippen LogP contribution in [0.25, 0.3) is 0 Å². The van der Waals surface area contributed by atoms with Gasteiger partial charge in [-0.15, -0.1) is 0 Å². The minimum Gasteiger partial charge on any atom is -0.454 e. The van der Waals surface area contributed by atoms with Crippen molar-refractivity contribution in [2.75, 3.05) is 20.4 Å². The van der Waals surface area contributed by atoms with Crippen LogP contribution in [0.15, 0.2) is 36.4 Å². The fourth-order valence-electron chi connectivity index (χ4n) is 2.95. The summed E-state index contributed by atoms with van der Waals surface area (Å²) in [5.74, 6) is 1.49. The van der Waals surface area contributed by atoms with E-state index in [4.69, 9.17) is 9.47 Å². The zero-order valence-electron chi connectivity index (χ0n) is 15.0. The van der Waals surface area contributed by atoms with Gasteiger partial charge in [0.05, 0.1) is 0 Å². The molecule has 0 aliphatic carbocycles. The largest absolute Gasteiger partial charge is 0.454 e. The maximum absolute atomic E-state index is 12.3. The van der Waals surface area contributed by atoms with E-state index >= 15 is 0 Å². The van der Waals surface area contributed by atoms with Crippen molar-refractivity contribution in [1.29, 1.82) is 0 Å². The van der Waals surface area contributed by atoms with Gasteiger partial charge >= 0.3 is 6.03 Å². The van der Waals surface area contributed by atoms with Crippen molar-refractivity contribution in [3.63, 3.8) is 0 Å². The van der Waals surface area contributed by atoms with Crippen molar-refractivity contribution < 1.29 is 14.3 Å². The lowest BCUT2D eigenvalue weighted by Gasteiger charge is -2.18. The number of urea groups is 1. The fourth-order valence-corrected chi connectivity index (χ4v) is 2.95. The Kier molecular flexibility index (Phi) is 5.12. The van der Waals surface area contributed by atoms with Crippen LogP contribution in [0.2, 0.25) is 0 Å². The van der Waals surface area contributed by atoms with Crippen molar-refractivity contribution in [1.82, 2.24) is 10.2 Å². The van der Waals surface area contributed by atoms with Crippen LogP contribution in [0.1, 0.15) is 22.3 Å². The molecule has 0 aromatic heterocycles. The normalized spacial score (nSPS) is 12.1. The van der Waals surface area contributed by atoms with Gasteiger partial charge in [-0.3, -0.25) is 0 Å². The van der Waals surface area contributed by atoms with Crippen LogP contribution in [0.4, 0.5) is 4.79 Å². The molecule has 0 saturated carbocycles. The van der Waals surface area contributed by atoms with Gasteiger partial charge in [0.2, 0.25) is 6.79 Å². The Morgan fingerprint density at radius 3 is 2.72 bits per heavy atom. The first-order chi connectivity index (χ1) is 12.0. The van der Waals surface area contributed by atoms with E-state index in [2.05, 4.69) is 37.4 Å². The number of amides is 2. The third-order valence-corrected chi connectivity index (χ3v) is 4.37. The highest BCUT2D eigenvalue weighted by atomic mass is 16.7. The average molecular weight is 340 g/mol. The Balaban J connectivity index is 1.49. The van der Waals surface area contributed by atoms with Gasteiger partial charge in [0.1, 0.15) is 0 Å². The first kappa shape index (κ1) is 17.1. The molecule has 2 aromatic rings. The van der Waals surface area contributed by atoms with Gasteiger partial charge in [0.25, 0.3) is 0 Å². The van der Waals surface area contributed by atoms with Gasteiger partial charge < -0.3 is 19.7 Å². The molecule has 5 heteroatoms. The molecular formula is C20H24N2O3. The number of ether oxygens (including phenoxy) is 2. The minimum atomic E-state index is -0.0811. The van der Waals surface area contributed by atoms with E-state index in [1.165, 1.54) is 16.7 Å². The number of hydrogen-bond donors (Lipinski definition) is 1. The zero-order chi connectivity index (χ0) is 17.8. The number of fused-ring (bicyclic) bond motifs is 1. The predicted octanol–water partition coefficient (Wildman–Crippen LogP) is 3.42. The van der Waals surface area contributed by atoms with Crippen LogP contribution in [-0.2, 0) is 13.0 Å². The van der Waals surface area contributed by atoms with E-state index in [0.29, 0.717) is 13.1 Å². The second-order valence-electron chi connectivity index (χ2n) is 6.46. The van der Waals surface area contributed by atoms with Crippen LogP contribution in [0, 0.1) is 13.8 Å². The highest BCUT2D eigenvalue weighted by Crippen LogP contribution is 2.32. The van der Waals surface area contributed by atoms with E-state index in [-0.39, 0.29) is 12.8 Å². The highest BCUT2D eigenvalue weighted by Gasteiger charge is 2.15. The standard InChI is InChI=1S/C20H24N2O3/c1-14-4-6-17(15(2)10-14)8-9-21-20(23)22(3)12-16-5-7-18-19(11-16)25-13-24-18/h4-7,10-11H,8-9,12-13H2,1-3H3,(H,21,23). The smallest absolute Gasteiger partial charge is 0.317 e. The number of rotatable bonds is 5. The third-order valence-electron chi connectivity index (χ3n) is 4.37. The molecular weight excluding hydrogens is 316 g/mol. The van der Waals surface area contributed by atoms with Gasteiger partial charge in [-0.1, -0.05) is 29.8 Å². The van der Waals surface area contributed by atoms with Crippen molar-refractivity contribution in [3.8, 4) is 11.5 Å². The molecule has 3 rings (SSSR count). The van der Waals surface area contributed by atoms with Gasteiger partial charge in [-0.25, -0.2) is 4.79 Å². The Morgan fingerprint density at radius 2 is 1.92 bits per heavy atom. The number of carbonyl (C=O) groups excluding carboxylic acids is 1. The van der Waals surface area contributed by atoms with Crippen LogP contribution < -0.4 is 14.8 Å². The topological polar surface area (TPSA) is 50.8 Å². The van der Waals surface area contributed by atoms with E-state index in [1.807, 2.05) is 18.2 Å². The highest BCUT2D eigenvalue weighted by molar-refractivity contribution is 5.73. The third kappa shape index (κ3) is 4.24. The van der Waals surface area contributed by atoms with Gasteiger partial charge in [-0.05, 0) is 49.1 Å². The molecule has 2 amide bonds. The summed E-state index contributed by atoms with van der Waals surface area (Å²) in [6.07, 6.45) is 0.829. The molecule has 0 radical (unpaired) electrons. The van der Waals surface area contributed by atoms with E-state index in [9.17, 15) is 4.79 Å². The average Bonchev–Trinajstić information content (AvgIpc) is 3.04. The molecule has 0 unspecified atom stereocenters. The number of nitrogens with zero attached hydrogens (tertiary/aromatic N) is 1. The molecule has 1 N–H and O–H groups in total. The van der Waals surface area contributed by atoms with Crippen molar-refractivity contribution in [2.24, 2.45) is 0 Å². The number of aryl methyl sites for hydroxylation is 2. The summed E-state index contributed by atoms with van der Waals surface area (Å²) in [4.78, 5) is 13.9. The predicted molar refractivity (Wildman–Crippen MR) is 97.1 cm³/mol. The Morgan fingerprint density at radius 1 is 1.12 bits per heavy atom. The molecule has 0 spiro atoms. The van der Waals surface area contributed by atoms with Gasteiger partial charge in [-0.2, -0.15) is 0 Å². The molecule has 1 aliphatic rings. The van der Waals surface area contributed by atoms with Crippen molar-refractivity contribution in [3.05, 3.63) is 58.7 Å². The lowest BCUT2D eigenvalue weighted by Crippen LogP contribution is -2.37. The molecule has 1 heterocycles. The zero-order valence-corrected chi connectivity index (χ0v) is 15.0. The lowest BCUT2D eigenvalue weighted by atomic mass is 10.0. The Bertz CT molecular complexity index is 774. The molecule has 1 aliphatic heterocycles. The lowest BCUT2D eigenvalue weighted by molar-refractivity contribution is 0.174. The van der Waals surface area contributed by atoms with Crippen molar-refractivity contribution >= 4 is 6.03 Å². The number of benzene rings is 2. The van der Waals surface area contributed by atoms with Gasteiger partial charge in [0, 0.05) is 20.1 Å². The molecule has 0 bridgehead atoms. The molecule has 0 saturated heterocycles. The summed E-state index contributed by atoms with van der Waals surface area (Å²) >= 11 is 0. The summed E-state index contributed by atoms with van der Waals surface area (Å²) in [6.45, 7) is 5.59. The maximum Gasteiger partial charge on any atom is 0.317 e. The number of carbonyl (C=O) groups is 1. The number of hydrogen-bond acceptors (Lipinski definition) is 3. The minimum absolute atomic E-state index is 0.0811. The molecule has 0 atom stereocenters. The SMILES string of the molecule is Cc1ccc(CCNC(=O)N(C)Cc2ccc3c(c2)OCO3)c(C)c1. The van der Waals surface area contributed by atoms with Gasteiger partial charge in [0.15, 0.2) is 11.5 Å². The maximum atomic E-state index is 12.3. The summed E-state index contributed by atoms with van der Waals surface area (Å²) in [6, 6.07) is 12.1. The second kappa shape index (κ2) is 7.47.